The molecule has 0 N–H and O–H groups in total. The zero-order valence-electron chi connectivity index (χ0n) is 11.2. The molecule has 2 aliphatic rings. The Kier molecular flexibility index (Phi) is 3.13. The molecule has 1 unspecified atom stereocenters. The van der Waals surface area contributed by atoms with Gasteiger partial charge in [0.25, 0.3) is 0 Å². The van der Waals surface area contributed by atoms with E-state index in [1.807, 2.05) is 13.1 Å². The second kappa shape index (κ2) is 4.56. The van der Waals surface area contributed by atoms with Crippen LogP contribution in [0.4, 0.5) is 0 Å². The van der Waals surface area contributed by atoms with Crippen LogP contribution in [-0.2, 0) is 16.6 Å². The first-order valence-electron chi connectivity index (χ1n) is 6.85. The van der Waals surface area contributed by atoms with Gasteiger partial charge >= 0.3 is 0 Å². The third-order valence-electron chi connectivity index (χ3n) is 4.32. The van der Waals surface area contributed by atoms with E-state index in [1.54, 1.807) is 15.2 Å². The van der Waals surface area contributed by atoms with Crippen molar-refractivity contribution in [3.8, 4) is 0 Å². The lowest BCUT2D eigenvalue weighted by molar-refractivity contribution is 0.236. The molecule has 1 aliphatic heterocycles. The van der Waals surface area contributed by atoms with Crippen LogP contribution in [0.3, 0.4) is 0 Å². The summed E-state index contributed by atoms with van der Waals surface area (Å²) in [5.74, 6) is 0.340. The molecule has 1 saturated heterocycles. The molecule has 1 aromatic rings. The predicted octanol–water partition coefficient (Wildman–Crippen LogP) is 0.872. The maximum atomic E-state index is 12.5. The van der Waals surface area contributed by atoms with Crippen molar-refractivity contribution >= 4 is 10.0 Å². The minimum absolute atomic E-state index is 0.340. The molecule has 0 amide bonds. The van der Waals surface area contributed by atoms with Gasteiger partial charge in [-0.1, -0.05) is 5.21 Å². The SMILES string of the molecule is CC1(S(=O)(=O)N2CCCC(Cn3ccnn3)C2)CC1. The number of sulfonamides is 1. The van der Waals surface area contributed by atoms with Crippen LogP contribution >= 0.6 is 0 Å². The lowest BCUT2D eigenvalue weighted by Crippen LogP contribution is -2.45. The fraction of sp³-hybridized carbons (Fsp3) is 0.833. The summed E-state index contributed by atoms with van der Waals surface area (Å²) >= 11 is 0. The van der Waals surface area contributed by atoms with E-state index in [1.165, 1.54) is 0 Å². The third-order valence-corrected chi connectivity index (χ3v) is 6.98. The molecule has 0 bridgehead atoms. The molecule has 6 nitrogen and oxygen atoms in total. The van der Waals surface area contributed by atoms with Gasteiger partial charge < -0.3 is 0 Å². The van der Waals surface area contributed by atoms with Gasteiger partial charge in [0.05, 0.1) is 10.9 Å². The Hall–Kier alpha value is -0.950. The van der Waals surface area contributed by atoms with Gasteiger partial charge in [0.1, 0.15) is 0 Å². The fourth-order valence-corrected chi connectivity index (χ4v) is 4.75. The minimum Gasteiger partial charge on any atom is -0.252 e. The van der Waals surface area contributed by atoms with Gasteiger partial charge in [0.2, 0.25) is 10.0 Å². The zero-order chi connectivity index (χ0) is 13.5. The second-order valence-corrected chi connectivity index (χ2v) is 8.40. The molecule has 0 radical (unpaired) electrons. The average Bonchev–Trinajstić information content (AvgIpc) is 2.95. The second-order valence-electron chi connectivity index (χ2n) is 5.95. The highest BCUT2D eigenvalue weighted by Crippen LogP contribution is 2.45. The maximum Gasteiger partial charge on any atom is 0.219 e. The van der Waals surface area contributed by atoms with Crippen molar-refractivity contribution in [1.82, 2.24) is 19.3 Å². The third kappa shape index (κ3) is 2.41. The van der Waals surface area contributed by atoms with Gasteiger partial charge in [-0.2, -0.15) is 0 Å². The van der Waals surface area contributed by atoms with Gasteiger partial charge in [-0.3, -0.25) is 4.68 Å². The number of nitrogens with zero attached hydrogens (tertiary/aromatic N) is 4. The summed E-state index contributed by atoms with van der Waals surface area (Å²) in [6, 6.07) is 0. The van der Waals surface area contributed by atoms with Gasteiger partial charge in [-0.25, -0.2) is 12.7 Å². The fourth-order valence-electron chi connectivity index (χ4n) is 2.73. The molecule has 1 aliphatic carbocycles. The Morgan fingerprint density at radius 2 is 2.21 bits per heavy atom. The summed E-state index contributed by atoms with van der Waals surface area (Å²) < 4.78 is 28.0. The van der Waals surface area contributed by atoms with Crippen LogP contribution in [0, 0.1) is 5.92 Å². The predicted molar refractivity (Wildman–Crippen MR) is 70.9 cm³/mol. The Morgan fingerprint density at radius 3 is 2.84 bits per heavy atom. The molecule has 0 aromatic carbocycles. The topological polar surface area (TPSA) is 68.1 Å². The van der Waals surface area contributed by atoms with E-state index in [4.69, 9.17) is 0 Å². The standard InChI is InChI=1S/C12H20N4O2S/c1-12(4-5-12)19(17,18)16-7-2-3-11(10-16)9-15-8-6-13-14-15/h6,8,11H,2-5,7,9-10H2,1H3. The largest absolute Gasteiger partial charge is 0.252 e. The maximum absolute atomic E-state index is 12.5. The highest BCUT2D eigenvalue weighted by atomic mass is 32.2. The van der Waals surface area contributed by atoms with E-state index in [2.05, 4.69) is 10.3 Å². The normalized spacial score (nSPS) is 27.3. The first kappa shape index (κ1) is 13.1. The minimum atomic E-state index is -3.11. The van der Waals surface area contributed by atoms with Crippen molar-refractivity contribution in [2.45, 2.75) is 43.9 Å². The molecule has 0 spiro atoms. The van der Waals surface area contributed by atoms with Crippen LogP contribution in [0.25, 0.3) is 0 Å². The molecule has 106 valence electrons. The van der Waals surface area contributed by atoms with Gasteiger partial charge in [0, 0.05) is 25.8 Å². The van der Waals surface area contributed by atoms with E-state index in [0.717, 1.165) is 32.2 Å². The highest BCUT2D eigenvalue weighted by molar-refractivity contribution is 7.90. The van der Waals surface area contributed by atoms with Gasteiger partial charge in [-0.15, -0.1) is 5.10 Å². The number of hydrogen-bond acceptors (Lipinski definition) is 4. The van der Waals surface area contributed by atoms with Crippen molar-refractivity contribution in [3.63, 3.8) is 0 Å². The first-order chi connectivity index (χ1) is 9.01. The molecule has 19 heavy (non-hydrogen) atoms. The van der Waals surface area contributed by atoms with Crippen LogP contribution < -0.4 is 0 Å². The quantitative estimate of drug-likeness (QED) is 0.823. The summed E-state index contributed by atoms with van der Waals surface area (Å²) in [5, 5.41) is 7.74. The summed E-state index contributed by atoms with van der Waals surface area (Å²) in [6.07, 6.45) is 7.09. The van der Waals surface area contributed by atoms with Crippen molar-refractivity contribution in [3.05, 3.63) is 12.4 Å². The molecule has 1 aromatic heterocycles. The van der Waals surface area contributed by atoms with E-state index in [-0.39, 0.29) is 0 Å². The van der Waals surface area contributed by atoms with Crippen LogP contribution in [0.2, 0.25) is 0 Å². The molecular formula is C12H20N4O2S. The van der Waals surface area contributed by atoms with Crippen LogP contribution in [0.1, 0.15) is 32.6 Å². The molecule has 2 fully saturated rings. The molecule has 2 heterocycles. The smallest absolute Gasteiger partial charge is 0.219 e. The molecular weight excluding hydrogens is 264 g/mol. The molecule has 7 heteroatoms. The van der Waals surface area contributed by atoms with Gasteiger partial charge in [0.15, 0.2) is 0 Å². The van der Waals surface area contributed by atoms with Crippen molar-refractivity contribution < 1.29 is 8.42 Å². The Balaban J connectivity index is 1.68. The van der Waals surface area contributed by atoms with Gasteiger partial charge in [-0.05, 0) is 38.5 Å². The van der Waals surface area contributed by atoms with Crippen molar-refractivity contribution in [2.75, 3.05) is 13.1 Å². The number of hydrogen-bond donors (Lipinski definition) is 0. The molecule has 1 atom stereocenters. The number of rotatable bonds is 4. The Bertz CT molecular complexity index is 536. The monoisotopic (exact) mass is 284 g/mol. The van der Waals surface area contributed by atoms with Crippen LogP contribution in [0.5, 0.6) is 0 Å². The summed E-state index contributed by atoms with van der Waals surface area (Å²) in [6.45, 7) is 3.91. The van der Waals surface area contributed by atoms with E-state index in [9.17, 15) is 8.42 Å². The molecule has 1 saturated carbocycles. The van der Waals surface area contributed by atoms with Crippen molar-refractivity contribution in [1.29, 1.82) is 0 Å². The molecule has 3 rings (SSSR count). The summed E-state index contributed by atoms with van der Waals surface area (Å²) in [5.41, 5.74) is 0. The highest BCUT2D eigenvalue weighted by Gasteiger charge is 2.53. The van der Waals surface area contributed by atoms with E-state index < -0.39 is 14.8 Å². The average molecular weight is 284 g/mol. The number of piperidine rings is 1. The van der Waals surface area contributed by atoms with E-state index in [0.29, 0.717) is 19.0 Å². The lowest BCUT2D eigenvalue weighted by atomic mass is 10.00. The lowest BCUT2D eigenvalue weighted by Gasteiger charge is -2.33. The zero-order valence-corrected chi connectivity index (χ0v) is 12.0. The number of aromatic nitrogens is 3. The van der Waals surface area contributed by atoms with Crippen LogP contribution in [0.15, 0.2) is 12.4 Å². The Morgan fingerprint density at radius 1 is 1.42 bits per heavy atom. The summed E-state index contributed by atoms with van der Waals surface area (Å²) in [7, 11) is -3.11. The Labute approximate surface area is 113 Å². The first-order valence-corrected chi connectivity index (χ1v) is 8.29. The van der Waals surface area contributed by atoms with Crippen molar-refractivity contribution in [2.24, 2.45) is 5.92 Å². The van der Waals surface area contributed by atoms with E-state index >= 15 is 0 Å². The summed E-state index contributed by atoms with van der Waals surface area (Å²) in [4.78, 5) is 0. The van der Waals surface area contributed by atoms with Crippen LogP contribution in [-0.4, -0.2) is 45.6 Å².